The molecule has 0 bridgehead atoms. The maximum Gasteiger partial charge on any atom is 0.180 e. The minimum absolute atomic E-state index is 0.0153. The highest BCUT2D eigenvalue weighted by Crippen LogP contribution is 2.19. The van der Waals surface area contributed by atoms with Crippen molar-refractivity contribution >= 4 is 17.4 Å². The number of rotatable bonds is 3. The molecule has 0 aromatic heterocycles. The van der Waals surface area contributed by atoms with E-state index in [0.29, 0.717) is 10.6 Å². The van der Waals surface area contributed by atoms with Gasteiger partial charge in [0.15, 0.2) is 5.78 Å². The molecule has 0 aliphatic heterocycles. The Bertz CT molecular complexity index is 406. The molecule has 0 amide bonds. The van der Waals surface area contributed by atoms with Gasteiger partial charge < -0.3 is 0 Å². The van der Waals surface area contributed by atoms with Gasteiger partial charge in [-0.2, -0.15) is 5.26 Å². The summed E-state index contributed by atoms with van der Waals surface area (Å²) < 4.78 is 0. The first kappa shape index (κ1) is 11.7. The molecule has 0 aliphatic carbocycles. The monoisotopic (exact) mass is 221 g/mol. The highest BCUT2D eigenvalue weighted by Gasteiger charge is 2.22. The summed E-state index contributed by atoms with van der Waals surface area (Å²) in [6, 6.07) is 8.72. The fourth-order valence-electron chi connectivity index (χ4n) is 1.33. The van der Waals surface area contributed by atoms with Crippen LogP contribution in [0.15, 0.2) is 24.3 Å². The third-order valence-corrected chi connectivity index (χ3v) is 2.43. The highest BCUT2D eigenvalue weighted by molar-refractivity contribution is 6.31. The largest absolute Gasteiger partial charge is 0.293 e. The zero-order valence-corrected chi connectivity index (χ0v) is 9.45. The third-order valence-electron chi connectivity index (χ3n) is 2.20. The van der Waals surface area contributed by atoms with Gasteiger partial charge in [-0.25, -0.2) is 0 Å². The molecule has 0 N–H and O–H groups in total. The van der Waals surface area contributed by atoms with E-state index in [9.17, 15) is 4.79 Å². The fourth-order valence-corrected chi connectivity index (χ4v) is 1.52. The maximum atomic E-state index is 11.9. The van der Waals surface area contributed by atoms with E-state index in [4.69, 9.17) is 16.9 Å². The molecule has 15 heavy (non-hydrogen) atoms. The summed E-state index contributed by atoms with van der Waals surface area (Å²) in [5, 5.41) is 9.41. The van der Waals surface area contributed by atoms with Crippen LogP contribution in [0.1, 0.15) is 24.2 Å². The lowest BCUT2D eigenvalue weighted by Gasteiger charge is -2.11. The van der Waals surface area contributed by atoms with Crippen molar-refractivity contribution in [3.63, 3.8) is 0 Å². The second-order valence-corrected chi connectivity index (χ2v) is 4.16. The SMILES string of the molecule is CC(C)C(C#N)C(=O)c1cccc(Cl)c1. The van der Waals surface area contributed by atoms with Gasteiger partial charge in [-0.1, -0.05) is 37.6 Å². The number of benzene rings is 1. The first-order chi connectivity index (χ1) is 7.06. The van der Waals surface area contributed by atoms with E-state index < -0.39 is 5.92 Å². The number of carbonyl (C=O) groups excluding carboxylic acids is 1. The number of carbonyl (C=O) groups is 1. The molecule has 0 saturated heterocycles. The van der Waals surface area contributed by atoms with Crippen LogP contribution < -0.4 is 0 Å². The molecule has 78 valence electrons. The van der Waals surface area contributed by atoms with Crippen LogP contribution in [-0.4, -0.2) is 5.78 Å². The lowest BCUT2D eigenvalue weighted by Crippen LogP contribution is -2.18. The van der Waals surface area contributed by atoms with Crippen LogP contribution in [0.3, 0.4) is 0 Å². The van der Waals surface area contributed by atoms with E-state index in [1.54, 1.807) is 24.3 Å². The Kier molecular flexibility index (Phi) is 3.88. The quantitative estimate of drug-likeness (QED) is 0.735. The minimum Gasteiger partial charge on any atom is -0.293 e. The normalized spacial score (nSPS) is 12.2. The average molecular weight is 222 g/mol. The molecule has 0 radical (unpaired) electrons. The number of halogens is 1. The number of Topliss-reactive ketones (excluding diaryl/α,β-unsaturated/α-hetero) is 1. The van der Waals surface area contributed by atoms with Crippen LogP contribution in [0.4, 0.5) is 0 Å². The second kappa shape index (κ2) is 4.95. The summed E-state index contributed by atoms with van der Waals surface area (Å²) in [4.78, 5) is 11.9. The second-order valence-electron chi connectivity index (χ2n) is 3.73. The summed E-state index contributed by atoms with van der Waals surface area (Å²) >= 11 is 5.78. The first-order valence-corrected chi connectivity index (χ1v) is 5.13. The van der Waals surface area contributed by atoms with Crippen molar-refractivity contribution in [2.45, 2.75) is 13.8 Å². The van der Waals surface area contributed by atoms with Crippen molar-refractivity contribution in [3.8, 4) is 6.07 Å². The van der Waals surface area contributed by atoms with E-state index >= 15 is 0 Å². The summed E-state index contributed by atoms with van der Waals surface area (Å²) in [6.45, 7) is 3.71. The van der Waals surface area contributed by atoms with Crippen molar-refractivity contribution in [1.29, 1.82) is 5.26 Å². The number of hydrogen-bond donors (Lipinski definition) is 0. The molecule has 1 aromatic carbocycles. The molecule has 0 fully saturated rings. The van der Waals surface area contributed by atoms with Crippen LogP contribution in [0.5, 0.6) is 0 Å². The van der Waals surface area contributed by atoms with Crippen LogP contribution in [0, 0.1) is 23.2 Å². The topological polar surface area (TPSA) is 40.9 Å². The Morgan fingerprint density at radius 2 is 2.13 bits per heavy atom. The van der Waals surface area contributed by atoms with E-state index in [0.717, 1.165) is 0 Å². The smallest absolute Gasteiger partial charge is 0.180 e. The van der Waals surface area contributed by atoms with Crippen LogP contribution in [0.25, 0.3) is 0 Å². The third kappa shape index (κ3) is 2.81. The molecule has 0 spiro atoms. The molecule has 0 saturated carbocycles. The lowest BCUT2D eigenvalue weighted by molar-refractivity contribution is 0.0924. The number of nitrogens with zero attached hydrogens (tertiary/aromatic N) is 1. The van der Waals surface area contributed by atoms with Gasteiger partial charge in [0.25, 0.3) is 0 Å². The Labute approximate surface area is 94.5 Å². The van der Waals surface area contributed by atoms with E-state index in [1.807, 2.05) is 19.9 Å². The lowest BCUT2D eigenvalue weighted by atomic mass is 9.89. The minimum atomic E-state index is -0.594. The van der Waals surface area contributed by atoms with E-state index in [2.05, 4.69) is 0 Å². The van der Waals surface area contributed by atoms with Gasteiger partial charge >= 0.3 is 0 Å². The Balaban J connectivity index is 2.99. The summed E-state index contributed by atoms with van der Waals surface area (Å²) in [5.74, 6) is -0.736. The van der Waals surface area contributed by atoms with E-state index in [-0.39, 0.29) is 11.7 Å². The van der Waals surface area contributed by atoms with Crippen LogP contribution >= 0.6 is 11.6 Å². The van der Waals surface area contributed by atoms with Gasteiger partial charge in [0.1, 0.15) is 5.92 Å². The zero-order chi connectivity index (χ0) is 11.4. The molecule has 1 aromatic rings. The number of ketones is 1. The van der Waals surface area contributed by atoms with Crippen molar-refractivity contribution in [1.82, 2.24) is 0 Å². The standard InChI is InChI=1S/C12H12ClNO/c1-8(2)11(7-14)12(15)9-4-3-5-10(13)6-9/h3-6,8,11H,1-2H3. The molecule has 0 heterocycles. The van der Waals surface area contributed by atoms with Crippen molar-refractivity contribution < 1.29 is 4.79 Å². The molecular weight excluding hydrogens is 210 g/mol. The summed E-state index contributed by atoms with van der Waals surface area (Å²) in [5.41, 5.74) is 0.503. The Hall–Kier alpha value is -1.33. The zero-order valence-electron chi connectivity index (χ0n) is 8.70. The maximum absolute atomic E-state index is 11.9. The Morgan fingerprint density at radius 3 is 2.60 bits per heavy atom. The van der Waals surface area contributed by atoms with Gasteiger partial charge in [-0.15, -0.1) is 0 Å². The van der Waals surface area contributed by atoms with Gasteiger partial charge in [-0.3, -0.25) is 4.79 Å². The van der Waals surface area contributed by atoms with Gasteiger partial charge in [0.05, 0.1) is 6.07 Å². The molecule has 1 unspecified atom stereocenters. The van der Waals surface area contributed by atoms with Gasteiger partial charge in [0.2, 0.25) is 0 Å². The molecule has 3 heteroatoms. The molecule has 2 nitrogen and oxygen atoms in total. The summed E-state index contributed by atoms with van der Waals surface area (Å²) in [7, 11) is 0. The summed E-state index contributed by atoms with van der Waals surface area (Å²) in [6.07, 6.45) is 0. The Morgan fingerprint density at radius 1 is 1.47 bits per heavy atom. The predicted octanol–water partition coefficient (Wildman–Crippen LogP) is 3.32. The van der Waals surface area contributed by atoms with Crippen molar-refractivity contribution in [3.05, 3.63) is 34.9 Å². The molecule has 1 rings (SSSR count). The van der Waals surface area contributed by atoms with Crippen molar-refractivity contribution in [2.75, 3.05) is 0 Å². The van der Waals surface area contributed by atoms with Crippen LogP contribution in [0.2, 0.25) is 5.02 Å². The van der Waals surface area contributed by atoms with Gasteiger partial charge in [-0.05, 0) is 18.1 Å². The van der Waals surface area contributed by atoms with Crippen LogP contribution in [-0.2, 0) is 0 Å². The highest BCUT2D eigenvalue weighted by atomic mass is 35.5. The number of nitriles is 1. The van der Waals surface area contributed by atoms with Crippen molar-refractivity contribution in [2.24, 2.45) is 11.8 Å². The average Bonchev–Trinajstić information content (AvgIpc) is 2.18. The van der Waals surface area contributed by atoms with Gasteiger partial charge in [0, 0.05) is 10.6 Å². The molecule has 1 atom stereocenters. The molecule has 0 aliphatic rings. The number of hydrogen-bond acceptors (Lipinski definition) is 2. The molecular formula is C12H12ClNO. The fraction of sp³-hybridized carbons (Fsp3) is 0.333. The predicted molar refractivity (Wildman–Crippen MR) is 59.7 cm³/mol. The van der Waals surface area contributed by atoms with E-state index in [1.165, 1.54) is 0 Å². The first-order valence-electron chi connectivity index (χ1n) is 4.75.